The van der Waals surface area contributed by atoms with Crippen LogP contribution in [0, 0.1) is 0 Å². The minimum absolute atomic E-state index is 0.111. The van der Waals surface area contributed by atoms with E-state index in [1.165, 1.54) is 0 Å². The van der Waals surface area contributed by atoms with Crippen LogP contribution in [0.1, 0.15) is 43.2 Å². The fourth-order valence-electron chi connectivity index (χ4n) is 4.44. The number of aromatic nitrogens is 2. The Morgan fingerprint density at radius 2 is 1.28 bits per heavy atom. The first kappa shape index (κ1) is 25.1. The predicted molar refractivity (Wildman–Crippen MR) is 139 cm³/mol. The van der Waals surface area contributed by atoms with E-state index in [1.54, 1.807) is 27.1 Å². The standard InChI is InChI=1S/C30H31N3O3/c1-29(2,3)36-28(35)27(34)26(31)19-25-20-33(21-32-25)30(22-13-7-4-8-14-22,23-15-9-5-10-16-23)24-17-11-6-12-18-24/h4-18,20-21,26H,19,31H2,1-3H3/t26-/m0/s1. The summed E-state index contributed by atoms with van der Waals surface area (Å²) in [7, 11) is 0. The minimum Gasteiger partial charge on any atom is -0.454 e. The molecule has 0 saturated heterocycles. The molecule has 1 aromatic heterocycles. The van der Waals surface area contributed by atoms with E-state index in [2.05, 4.69) is 41.4 Å². The van der Waals surface area contributed by atoms with Crippen LogP contribution in [0.5, 0.6) is 0 Å². The van der Waals surface area contributed by atoms with Crippen molar-refractivity contribution < 1.29 is 14.3 Å². The Hall–Kier alpha value is -4.03. The van der Waals surface area contributed by atoms with Crippen molar-refractivity contribution in [3.05, 3.63) is 126 Å². The normalized spacial score (nSPS) is 12.7. The number of imidazole rings is 1. The van der Waals surface area contributed by atoms with Crippen LogP contribution in [-0.4, -0.2) is 32.9 Å². The first-order chi connectivity index (χ1) is 17.2. The number of benzene rings is 3. The lowest BCUT2D eigenvalue weighted by molar-refractivity contribution is -0.162. The zero-order valence-corrected chi connectivity index (χ0v) is 20.8. The molecule has 0 saturated carbocycles. The van der Waals surface area contributed by atoms with Gasteiger partial charge in [-0.15, -0.1) is 0 Å². The molecule has 4 rings (SSSR count). The van der Waals surface area contributed by atoms with Crippen molar-refractivity contribution in [1.29, 1.82) is 0 Å². The second kappa shape index (κ2) is 10.3. The predicted octanol–water partition coefficient (Wildman–Crippen LogP) is 4.50. The monoisotopic (exact) mass is 481 g/mol. The molecule has 0 aliphatic rings. The number of esters is 1. The molecule has 6 heteroatoms. The highest BCUT2D eigenvalue weighted by Gasteiger charge is 2.38. The van der Waals surface area contributed by atoms with E-state index < -0.39 is 28.9 Å². The summed E-state index contributed by atoms with van der Waals surface area (Å²) in [5.74, 6) is -1.69. The smallest absolute Gasteiger partial charge is 0.376 e. The number of nitrogens with zero attached hydrogens (tertiary/aromatic N) is 2. The molecule has 0 unspecified atom stereocenters. The van der Waals surface area contributed by atoms with Gasteiger partial charge in [-0.3, -0.25) is 4.79 Å². The van der Waals surface area contributed by atoms with Crippen LogP contribution in [0.2, 0.25) is 0 Å². The average Bonchev–Trinajstić information content (AvgIpc) is 3.33. The van der Waals surface area contributed by atoms with Crippen LogP contribution in [0.4, 0.5) is 0 Å². The third-order valence-corrected chi connectivity index (χ3v) is 5.96. The summed E-state index contributed by atoms with van der Waals surface area (Å²) in [4.78, 5) is 29.4. The van der Waals surface area contributed by atoms with Gasteiger partial charge in [0.2, 0.25) is 0 Å². The summed E-state index contributed by atoms with van der Waals surface area (Å²) < 4.78 is 7.25. The van der Waals surface area contributed by atoms with Crippen LogP contribution in [-0.2, 0) is 26.3 Å². The molecular formula is C30H31N3O3. The Balaban J connectivity index is 1.77. The Morgan fingerprint density at radius 1 is 0.833 bits per heavy atom. The fourth-order valence-corrected chi connectivity index (χ4v) is 4.44. The maximum absolute atomic E-state index is 12.6. The first-order valence-corrected chi connectivity index (χ1v) is 11.9. The molecular weight excluding hydrogens is 450 g/mol. The number of ketones is 1. The highest BCUT2D eigenvalue weighted by atomic mass is 16.6. The molecule has 0 aliphatic heterocycles. The molecule has 3 aromatic carbocycles. The van der Waals surface area contributed by atoms with E-state index in [0.29, 0.717) is 5.69 Å². The molecule has 4 aromatic rings. The van der Waals surface area contributed by atoms with Crippen molar-refractivity contribution >= 4 is 11.8 Å². The third kappa shape index (κ3) is 5.14. The van der Waals surface area contributed by atoms with Gasteiger partial charge < -0.3 is 15.0 Å². The molecule has 184 valence electrons. The number of hydrogen-bond donors (Lipinski definition) is 1. The summed E-state index contributed by atoms with van der Waals surface area (Å²) in [6.07, 6.45) is 3.77. The van der Waals surface area contributed by atoms with Crippen molar-refractivity contribution in [3.8, 4) is 0 Å². The van der Waals surface area contributed by atoms with Crippen molar-refractivity contribution in [1.82, 2.24) is 9.55 Å². The fraction of sp³-hybridized carbons (Fsp3) is 0.233. The van der Waals surface area contributed by atoms with Gasteiger partial charge in [0, 0.05) is 12.6 Å². The molecule has 0 spiro atoms. The molecule has 0 amide bonds. The van der Waals surface area contributed by atoms with Crippen LogP contribution >= 0.6 is 0 Å². The lowest BCUT2D eigenvalue weighted by Crippen LogP contribution is -2.41. The molecule has 1 atom stereocenters. The summed E-state index contributed by atoms with van der Waals surface area (Å²) in [6.45, 7) is 5.13. The van der Waals surface area contributed by atoms with Gasteiger partial charge in [0.15, 0.2) is 0 Å². The topological polar surface area (TPSA) is 87.2 Å². The zero-order chi connectivity index (χ0) is 25.8. The third-order valence-electron chi connectivity index (χ3n) is 5.96. The number of rotatable bonds is 8. The van der Waals surface area contributed by atoms with Gasteiger partial charge in [0.25, 0.3) is 5.78 Å². The van der Waals surface area contributed by atoms with Crippen LogP contribution in [0.15, 0.2) is 104 Å². The number of Topliss-reactive ketones (excluding diaryl/α,β-unsaturated/α-hetero) is 1. The van der Waals surface area contributed by atoms with Crippen molar-refractivity contribution in [2.24, 2.45) is 5.73 Å². The van der Waals surface area contributed by atoms with Crippen LogP contribution in [0.3, 0.4) is 0 Å². The van der Waals surface area contributed by atoms with Gasteiger partial charge in [-0.1, -0.05) is 91.0 Å². The Labute approximate surface area is 211 Å². The van der Waals surface area contributed by atoms with Gasteiger partial charge in [-0.05, 0) is 37.5 Å². The van der Waals surface area contributed by atoms with E-state index in [0.717, 1.165) is 16.7 Å². The van der Waals surface area contributed by atoms with Gasteiger partial charge in [0.1, 0.15) is 11.1 Å². The van der Waals surface area contributed by atoms with Gasteiger partial charge in [-0.25, -0.2) is 9.78 Å². The van der Waals surface area contributed by atoms with Gasteiger partial charge in [-0.2, -0.15) is 0 Å². The summed E-state index contributed by atoms with van der Waals surface area (Å²) in [5, 5.41) is 0. The van der Waals surface area contributed by atoms with Gasteiger partial charge >= 0.3 is 5.97 Å². The van der Waals surface area contributed by atoms with E-state index in [9.17, 15) is 9.59 Å². The molecule has 0 fully saturated rings. The molecule has 0 aliphatic carbocycles. The van der Waals surface area contributed by atoms with E-state index >= 15 is 0 Å². The van der Waals surface area contributed by atoms with Crippen LogP contribution < -0.4 is 5.73 Å². The number of carbonyl (C=O) groups excluding carboxylic acids is 2. The van der Waals surface area contributed by atoms with E-state index in [-0.39, 0.29) is 6.42 Å². The largest absolute Gasteiger partial charge is 0.454 e. The van der Waals surface area contributed by atoms with Crippen molar-refractivity contribution in [2.45, 2.75) is 44.4 Å². The Bertz CT molecular complexity index is 1210. The molecule has 0 radical (unpaired) electrons. The number of carbonyl (C=O) groups is 2. The maximum Gasteiger partial charge on any atom is 0.376 e. The second-order valence-corrected chi connectivity index (χ2v) is 9.76. The molecule has 1 heterocycles. The highest BCUT2D eigenvalue weighted by molar-refractivity contribution is 6.35. The molecule has 36 heavy (non-hydrogen) atoms. The number of nitrogens with two attached hydrogens (primary N) is 1. The molecule has 6 nitrogen and oxygen atoms in total. The van der Waals surface area contributed by atoms with Crippen LogP contribution in [0.25, 0.3) is 0 Å². The van der Waals surface area contributed by atoms with Crippen molar-refractivity contribution in [3.63, 3.8) is 0 Å². The lowest BCUT2D eigenvalue weighted by Gasteiger charge is -2.37. The average molecular weight is 482 g/mol. The zero-order valence-electron chi connectivity index (χ0n) is 20.8. The second-order valence-electron chi connectivity index (χ2n) is 9.76. The molecule has 0 bridgehead atoms. The van der Waals surface area contributed by atoms with Gasteiger partial charge in [0.05, 0.1) is 18.1 Å². The van der Waals surface area contributed by atoms with E-state index in [1.807, 2.05) is 65.4 Å². The van der Waals surface area contributed by atoms with E-state index in [4.69, 9.17) is 10.5 Å². The number of hydrogen-bond acceptors (Lipinski definition) is 5. The summed E-state index contributed by atoms with van der Waals surface area (Å²) >= 11 is 0. The Kier molecular flexibility index (Phi) is 7.17. The summed E-state index contributed by atoms with van der Waals surface area (Å²) in [5.41, 5.74) is 8.41. The summed E-state index contributed by atoms with van der Waals surface area (Å²) in [6, 6.07) is 29.6. The molecule has 2 N–H and O–H groups in total. The number of ether oxygens (including phenoxy) is 1. The SMILES string of the molecule is CC(C)(C)OC(=O)C(=O)[C@@H](N)Cc1cn(C(c2ccccc2)(c2ccccc2)c2ccccc2)cn1. The quantitative estimate of drug-likeness (QED) is 0.227. The lowest BCUT2D eigenvalue weighted by atomic mass is 9.77. The highest BCUT2D eigenvalue weighted by Crippen LogP contribution is 2.40. The maximum atomic E-state index is 12.6. The Morgan fingerprint density at radius 3 is 1.69 bits per heavy atom. The minimum atomic E-state index is -1.05. The first-order valence-electron chi connectivity index (χ1n) is 11.9. The van der Waals surface area contributed by atoms with Crippen molar-refractivity contribution in [2.75, 3.05) is 0 Å².